The summed E-state index contributed by atoms with van der Waals surface area (Å²) in [7, 11) is -3.35. The van der Waals surface area contributed by atoms with Gasteiger partial charge in [0.1, 0.15) is 0 Å². The second kappa shape index (κ2) is 9.58. The van der Waals surface area contributed by atoms with E-state index in [2.05, 4.69) is 12.2 Å². The van der Waals surface area contributed by atoms with Crippen molar-refractivity contribution < 1.29 is 13.2 Å². The van der Waals surface area contributed by atoms with Gasteiger partial charge in [0.05, 0.1) is 12.8 Å². The second-order valence-corrected chi connectivity index (χ2v) is 7.37. The Balaban J connectivity index is 2.39. The van der Waals surface area contributed by atoms with Gasteiger partial charge in [-0.2, -0.15) is 4.31 Å². The highest BCUT2D eigenvalue weighted by Crippen LogP contribution is 2.03. The molecule has 0 spiro atoms. The molecule has 0 unspecified atom stereocenters. The van der Waals surface area contributed by atoms with Crippen LogP contribution >= 0.6 is 0 Å². The zero-order chi connectivity index (χ0) is 16.4. The quantitative estimate of drug-likeness (QED) is 0.667. The molecule has 22 heavy (non-hydrogen) atoms. The molecular formula is C16H26N2O3S. The van der Waals surface area contributed by atoms with E-state index in [1.807, 2.05) is 30.3 Å². The zero-order valence-electron chi connectivity index (χ0n) is 13.4. The average molecular weight is 326 g/mol. The highest BCUT2D eigenvalue weighted by Gasteiger charge is 2.19. The molecule has 0 aliphatic carbocycles. The maximum atomic E-state index is 11.9. The Bertz CT molecular complexity index is 544. The molecule has 124 valence electrons. The molecule has 0 heterocycles. The third kappa shape index (κ3) is 7.56. The Kier molecular flexibility index (Phi) is 8.12. The van der Waals surface area contributed by atoms with Gasteiger partial charge in [-0.3, -0.25) is 4.79 Å². The smallest absolute Gasteiger partial charge is 0.235 e. The van der Waals surface area contributed by atoms with Gasteiger partial charge in [0.25, 0.3) is 0 Å². The number of carbonyl (C=O) groups is 1. The van der Waals surface area contributed by atoms with Gasteiger partial charge in [-0.1, -0.05) is 50.1 Å². The highest BCUT2D eigenvalue weighted by molar-refractivity contribution is 7.88. The van der Waals surface area contributed by atoms with E-state index >= 15 is 0 Å². The summed E-state index contributed by atoms with van der Waals surface area (Å²) < 4.78 is 24.7. The Hall–Kier alpha value is -1.40. The monoisotopic (exact) mass is 326 g/mol. The molecule has 0 radical (unpaired) electrons. The summed E-state index contributed by atoms with van der Waals surface area (Å²) in [6, 6.07) is 9.86. The van der Waals surface area contributed by atoms with Gasteiger partial charge in [-0.25, -0.2) is 8.42 Å². The van der Waals surface area contributed by atoms with Crippen LogP contribution in [0.2, 0.25) is 0 Å². The standard InChI is InChI=1S/C16H26N2O3S/c1-3-4-8-13-18(22(2,20)21)14-16(19)17-12-11-15-9-6-5-7-10-15/h5-7,9-10H,3-4,8,11-14H2,1-2H3,(H,17,19). The minimum Gasteiger partial charge on any atom is -0.355 e. The summed E-state index contributed by atoms with van der Waals surface area (Å²) in [6.07, 6.45) is 4.64. The van der Waals surface area contributed by atoms with Gasteiger partial charge in [0, 0.05) is 13.1 Å². The first-order valence-corrected chi connectivity index (χ1v) is 9.54. The first-order chi connectivity index (χ1) is 10.4. The Morgan fingerprint density at radius 3 is 2.45 bits per heavy atom. The summed E-state index contributed by atoms with van der Waals surface area (Å²) in [5, 5.41) is 2.78. The number of rotatable bonds is 10. The molecule has 5 nitrogen and oxygen atoms in total. The topological polar surface area (TPSA) is 66.5 Å². The molecule has 0 aliphatic rings. The first-order valence-electron chi connectivity index (χ1n) is 7.69. The van der Waals surface area contributed by atoms with Crippen LogP contribution in [0.25, 0.3) is 0 Å². The molecule has 6 heteroatoms. The van der Waals surface area contributed by atoms with E-state index in [1.165, 1.54) is 4.31 Å². The molecule has 0 aromatic heterocycles. The number of amides is 1. The van der Waals surface area contributed by atoms with Crippen molar-refractivity contribution >= 4 is 15.9 Å². The number of sulfonamides is 1. The SMILES string of the molecule is CCCCCN(CC(=O)NCCc1ccccc1)S(C)(=O)=O. The summed E-state index contributed by atoms with van der Waals surface area (Å²) in [5.41, 5.74) is 1.14. The third-order valence-corrected chi connectivity index (χ3v) is 4.63. The third-order valence-electron chi connectivity index (χ3n) is 3.38. The summed E-state index contributed by atoms with van der Waals surface area (Å²) in [4.78, 5) is 11.9. The maximum Gasteiger partial charge on any atom is 0.235 e. The van der Waals surface area contributed by atoms with Crippen LogP contribution in [0, 0.1) is 0 Å². The minimum atomic E-state index is -3.35. The van der Waals surface area contributed by atoms with Crippen molar-refractivity contribution in [3.8, 4) is 0 Å². The van der Waals surface area contributed by atoms with Crippen LogP contribution in [-0.2, 0) is 21.2 Å². The number of nitrogens with zero attached hydrogens (tertiary/aromatic N) is 1. The Morgan fingerprint density at radius 1 is 1.18 bits per heavy atom. The highest BCUT2D eigenvalue weighted by atomic mass is 32.2. The minimum absolute atomic E-state index is 0.0999. The molecule has 1 aromatic rings. The number of hydrogen-bond acceptors (Lipinski definition) is 3. The van der Waals surface area contributed by atoms with Crippen LogP contribution in [0.5, 0.6) is 0 Å². The van der Waals surface area contributed by atoms with Gasteiger partial charge in [0.2, 0.25) is 15.9 Å². The van der Waals surface area contributed by atoms with Crippen molar-refractivity contribution in [1.29, 1.82) is 0 Å². The van der Waals surface area contributed by atoms with Gasteiger partial charge >= 0.3 is 0 Å². The van der Waals surface area contributed by atoms with E-state index in [0.29, 0.717) is 13.1 Å². The van der Waals surface area contributed by atoms with Crippen molar-refractivity contribution in [1.82, 2.24) is 9.62 Å². The number of hydrogen-bond donors (Lipinski definition) is 1. The Morgan fingerprint density at radius 2 is 1.86 bits per heavy atom. The summed E-state index contributed by atoms with van der Waals surface area (Å²) in [6.45, 7) is 2.87. The van der Waals surface area contributed by atoms with Crippen molar-refractivity contribution in [3.05, 3.63) is 35.9 Å². The number of unbranched alkanes of at least 4 members (excludes halogenated alkanes) is 2. The first kappa shape index (κ1) is 18.6. The van der Waals surface area contributed by atoms with Crippen molar-refractivity contribution in [2.45, 2.75) is 32.6 Å². The van der Waals surface area contributed by atoms with E-state index < -0.39 is 10.0 Å². The van der Waals surface area contributed by atoms with Crippen molar-refractivity contribution in [3.63, 3.8) is 0 Å². The zero-order valence-corrected chi connectivity index (χ0v) is 14.2. The summed E-state index contributed by atoms with van der Waals surface area (Å²) in [5.74, 6) is -0.252. The molecular weight excluding hydrogens is 300 g/mol. The lowest BCUT2D eigenvalue weighted by Crippen LogP contribution is -2.41. The predicted octanol–water partition coefficient (Wildman–Crippen LogP) is 1.80. The fraction of sp³-hybridized carbons (Fsp3) is 0.562. The lowest BCUT2D eigenvalue weighted by Gasteiger charge is -2.19. The predicted molar refractivity (Wildman–Crippen MR) is 89.1 cm³/mol. The molecule has 1 aromatic carbocycles. The number of nitrogens with one attached hydrogen (secondary N) is 1. The number of carbonyl (C=O) groups excluding carboxylic acids is 1. The maximum absolute atomic E-state index is 11.9. The van der Waals surface area contributed by atoms with E-state index in [1.54, 1.807) is 0 Å². The number of benzene rings is 1. The van der Waals surface area contributed by atoms with Gasteiger partial charge in [-0.15, -0.1) is 0 Å². The molecule has 0 aliphatic heterocycles. The molecule has 0 saturated carbocycles. The van der Waals surface area contributed by atoms with Crippen LogP contribution in [0.3, 0.4) is 0 Å². The molecule has 0 saturated heterocycles. The fourth-order valence-corrected chi connectivity index (χ4v) is 2.92. The van der Waals surface area contributed by atoms with Crippen molar-refractivity contribution in [2.24, 2.45) is 0 Å². The molecule has 1 rings (SSSR count). The lowest BCUT2D eigenvalue weighted by molar-refractivity contribution is -0.121. The van der Waals surface area contributed by atoms with Gasteiger partial charge in [0.15, 0.2) is 0 Å². The second-order valence-electron chi connectivity index (χ2n) is 5.39. The van der Waals surface area contributed by atoms with E-state index in [9.17, 15) is 13.2 Å². The normalized spacial score (nSPS) is 11.6. The largest absolute Gasteiger partial charge is 0.355 e. The van der Waals surface area contributed by atoms with Crippen LogP contribution in [0.4, 0.5) is 0 Å². The molecule has 0 fully saturated rings. The fourth-order valence-electron chi connectivity index (χ4n) is 2.11. The Labute approximate surface area is 133 Å². The van der Waals surface area contributed by atoms with Gasteiger partial charge in [-0.05, 0) is 18.4 Å². The van der Waals surface area contributed by atoms with E-state index in [4.69, 9.17) is 0 Å². The van der Waals surface area contributed by atoms with Gasteiger partial charge < -0.3 is 5.32 Å². The molecule has 0 atom stereocenters. The van der Waals surface area contributed by atoms with E-state index in [-0.39, 0.29) is 12.5 Å². The molecule has 0 bridgehead atoms. The molecule has 1 N–H and O–H groups in total. The van der Waals surface area contributed by atoms with Crippen LogP contribution in [-0.4, -0.2) is 44.5 Å². The van der Waals surface area contributed by atoms with Crippen molar-refractivity contribution in [2.75, 3.05) is 25.9 Å². The lowest BCUT2D eigenvalue weighted by atomic mass is 10.1. The van der Waals surface area contributed by atoms with Crippen LogP contribution < -0.4 is 5.32 Å². The van der Waals surface area contributed by atoms with Crippen LogP contribution in [0.1, 0.15) is 31.7 Å². The van der Waals surface area contributed by atoms with Crippen LogP contribution in [0.15, 0.2) is 30.3 Å². The molecule has 1 amide bonds. The summed E-state index contributed by atoms with van der Waals surface area (Å²) >= 11 is 0. The van der Waals surface area contributed by atoms with E-state index in [0.717, 1.165) is 37.5 Å². The average Bonchev–Trinajstić information content (AvgIpc) is 2.46.